The molecule has 0 saturated heterocycles. The Hall–Kier alpha value is -0.410. The molecule has 4 aliphatic carbocycles. The standard InChI is InChI=1S/C28H48O3/c1-16(2)17(3)7-8-18(4)20-9-10-21-19-13-24(29)23-14-25(30)26(31)15-28(23,6)22(19)11-12-27(20,21)5/h16-23,25-26,30-31H,7-15H2,1-6H3/t17-,18-,19+,20-,21+,22+,23-,25+,26-,27-,28-/m1/s1. The van der Waals surface area contributed by atoms with Crippen LogP contribution < -0.4 is 0 Å². The molecule has 0 radical (unpaired) electrons. The topological polar surface area (TPSA) is 57.5 Å². The van der Waals surface area contributed by atoms with E-state index in [9.17, 15) is 15.0 Å². The third-order valence-corrected chi connectivity index (χ3v) is 11.5. The summed E-state index contributed by atoms with van der Waals surface area (Å²) in [6.07, 6.45) is 8.16. The van der Waals surface area contributed by atoms with E-state index in [-0.39, 0.29) is 11.3 Å². The Labute approximate surface area is 190 Å². The lowest BCUT2D eigenvalue weighted by molar-refractivity contribution is -0.173. The van der Waals surface area contributed by atoms with Gasteiger partial charge in [0, 0.05) is 12.3 Å². The maximum absolute atomic E-state index is 13.3. The Balaban J connectivity index is 1.51. The van der Waals surface area contributed by atoms with Gasteiger partial charge in [-0.05, 0) is 90.8 Å². The van der Waals surface area contributed by atoms with E-state index < -0.39 is 12.2 Å². The van der Waals surface area contributed by atoms with E-state index in [0.717, 1.165) is 30.1 Å². The highest BCUT2D eigenvalue weighted by atomic mass is 16.3. The molecule has 4 rings (SSSR count). The first kappa shape index (κ1) is 23.7. The fourth-order valence-corrected chi connectivity index (χ4v) is 9.11. The van der Waals surface area contributed by atoms with Crippen LogP contribution in [0.4, 0.5) is 0 Å². The van der Waals surface area contributed by atoms with Gasteiger partial charge >= 0.3 is 0 Å². The number of ketones is 1. The van der Waals surface area contributed by atoms with Crippen molar-refractivity contribution in [2.24, 2.45) is 58.2 Å². The predicted molar refractivity (Wildman–Crippen MR) is 125 cm³/mol. The summed E-state index contributed by atoms with van der Waals surface area (Å²) >= 11 is 0. The van der Waals surface area contributed by atoms with E-state index in [0.29, 0.717) is 41.8 Å². The minimum absolute atomic E-state index is 0.0508. The number of aliphatic hydroxyl groups excluding tert-OH is 2. The highest BCUT2D eigenvalue weighted by Gasteiger charge is 2.63. The molecule has 0 aliphatic heterocycles. The van der Waals surface area contributed by atoms with Gasteiger partial charge in [0.2, 0.25) is 0 Å². The fraction of sp³-hybridized carbons (Fsp3) is 0.964. The van der Waals surface area contributed by atoms with Gasteiger partial charge < -0.3 is 10.2 Å². The second kappa shape index (κ2) is 8.42. The van der Waals surface area contributed by atoms with E-state index >= 15 is 0 Å². The molecule has 31 heavy (non-hydrogen) atoms. The van der Waals surface area contributed by atoms with Crippen LogP contribution in [-0.4, -0.2) is 28.2 Å². The van der Waals surface area contributed by atoms with Gasteiger partial charge in [0.15, 0.2) is 0 Å². The van der Waals surface area contributed by atoms with Crippen LogP contribution in [0.25, 0.3) is 0 Å². The van der Waals surface area contributed by atoms with Crippen molar-refractivity contribution in [2.75, 3.05) is 0 Å². The van der Waals surface area contributed by atoms with Gasteiger partial charge in [-0.1, -0.05) is 54.4 Å². The van der Waals surface area contributed by atoms with Crippen molar-refractivity contribution in [3.63, 3.8) is 0 Å². The number of carbonyl (C=O) groups excluding carboxylic acids is 1. The van der Waals surface area contributed by atoms with Crippen molar-refractivity contribution in [3.8, 4) is 0 Å². The van der Waals surface area contributed by atoms with Gasteiger partial charge in [-0.25, -0.2) is 0 Å². The zero-order valence-electron chi connectivity index (χ0n) is 20.9. The summed E-state index contributed by atoms with van der Waals surface area (Å²) in [5, 5.41) is 20.7. The zero-order chi connectivity index (χ0) is 22.7. The molecular weight excluding hydrogens is 384 g/mol. The summed E-state index contributed by atoms with van der Waals surface area (Å²) in [5.74, 6) is 5.12. The molecule has 0 heterocycles. The summed E-state index contributed by atoms with van der Waals surface area (Å²) in [7, 11) is 0. The van der Waals surface area contributed by atoms with Crippen molar-refractivity contribution >= 4 is 5.78 Å². The highest BCUT2D eigenvalue weighted by molar-refractivity contribution is 5.83. The van der Waals surface area contributed by atoms with Crippen LogP contribution in [0.15, 0.2) is 0 Å². The minimum Gasteiger partial charge on any atom is -0.390 e. The molecule has 0 aromatic carbocycles. The van der Waals surface area contributed by atoms with Gasteiger partial charge in [-0.15, -0.1) is 0 Å². The van der Waals surface area contributed by atoms with Crippen LogP contribution in [0.5, 0.6) is 0 Å². The number of Topliss-reactive ketones (excluding diaryl/α,β-unsaturated/α-hetero) is 1. The maximum Gasteiger partial charge on any atom is 0.136 e. The zero-order valence-corrected chi connectivity index (χ0v) is 20.9. The smallest absolute Gasteiger partial charge is 0.136 e. The molecule has 11 atom stereocenters. The number of hydrogen-bond acceptors (Lipinski definition) is 3. The van der Waals surface area contributed by atoms with Crippen molar-refractivity contribution in [1.82, 2.24) is 0 Å². The lowest BCUT2D eigenvalue weighted by atomic mass is 9.44. The molecule has 0 spiro atoms. The van der Waals surface area contributed by atoms with Gasteiger partial charge in [-0.3, -0.25) is 4.79 Å². The normalized spacial score (nSPS) is 49.3. The molecule has 0 bridgehead atoms. The summed E-state index contributed by atoms with van der Waals surface area (Å²) in [6.45, 7) is 14.4. The van der Waals surface area contributed by atoms with E-state index in [2.05, 4.69) is 41.5 Å². The van der Waals surface area contributed by atoms with Gasteiger partial charge in [0.1, 0.15) is 5.78 Å². The molecule has 2 N–H and O–H groups in total. The van der Waals surface area contributed by atoms with Crippen LogP contribution in [0, 0.1) is 58.2 Å². The summed E-state index contributed by atoms with van der Waals surface area (Å²) in [4.78, 5) is 13.3. The number of aliphatic hydroxyl groups is 2. The van der Waals surface area contributed by atoms with Crippen molar-refractivity contribution < 1.29 is 15.0 Å². The van der Waals surface area contributed by atoms with Gasteiger partial charge in [-0.2, -0.15) is 0 Å². The average Bonchev–Trinajstić information content (AvgIpc) is 3.05. The fourth-order valence-electron chi connectivity index (χ4n) is 9.11. The van der Waals surface area contributed by atoms with Crippen LogP contribution in [0.1, 0.15) is 99.3 Å². The molecule has 4 saturated carbocycles. The van der Waals surface area contributed by atoms with Crippen LogP contribution in [0.2, 0.25) is 0 Å². The lowest BCUT2D eigenvalue weighted by Gasteiger charge is -2.61. The molecule has 0 aromatic rings. The Morgan fingerprint density at radius 1 is 0.935 bits per heavy atom. The summed E-state index contributed by atoms with van der Waals surface area (Å²) < 4.78 is 0. The average molecular weight is 433 g/mol. The van der Waals surface area contributed by atoms with Crippen molar-refractivity contribution in [1.29, 1.82) is 0 Å². The second-order valence-corrected chi connectivity index (χ2v) is 13.2. The Kier molecular flexibility index (Phi) is 6.45. The molecule has 4 aliphatic rings. The van der Waals surface area contributed by atoms with Gasteiger partial charge in [0.25, 0.3) is 0 Å². The molecule has 3 heteroatoms. The number of fused-ring (bicyclic) bond motifs is 5. The van der Waals surface area contributed by atoms with Crippen molar-refractivity contribution in [2.45, 2.75) is 112 Å². The Morgan fingerprint density at radius 2 is 1.61 bits per heavy atom. The molecule has 0 aromatic heterocycles. The first-order chi connectivity index (χ1) is 14.5. The second-order valence-electron chi connectivity index (χ2n) is 13.2. The highest BCUT2D eigenvalue weighted by Crippen LogP contribution is 2.67. The lowest BCUT2D eigenvalue weighted by Crippen LogP contribution is -2.59. The quantitative estimate of drug-likeness (QED) is 0.572. The van der Waals surface area contributed by atoms with Gasteiger partial charge in [0.05, 0.1) is 12.2 Å². The van der Waals surface area contributed by atoms with Crippen LogP contribution >= 0.6 is 0 Å². The van der Waals surface area contributed by atoms with Crippen LogP contribution in [0.3, 0.4) is 0 Å². The first-order valence-corrected chi connectivity index (χ1v) is 13.4. The molecular formula is C28H48O3. The largest absolute Gasteiger partial charge is 0.390 e. The number of rotatable bonds is 5. The predicted octanol–water partition coefficient (Wildman–Crippen LogP) is 5.86. The molecule has 3 nitrogen and oxygen atoms in total. The van der Waals surface area contributed by atoms with E-state index in [1.807, 2.05) is 0 Å². The minimum atomic E-state index is -0.725. The maximum atomic E-state index is 13.3. The molecule has 0 amide bonds. The molecule has 178 valence electrons. The van der Waals surface area contributed by atoms with E-state index in [4.69, 9.17) is 0 Å². The molecule has 0 unspecified atom stereocenters. The summed E-state index contributed by atoms with van der Waals surface area (Å²) in [5.41, 5.74) is 0.244. The third kappa shape index (κ3) is 3.84. The summed E-state index contributed by atoms with van der Waals surface area (Å²) in [6, 6.07) is 0. The monoisotopic (exact) mass is 432 g/mol. The van der Waals surface area contributed by atoms with Crippen molar-refractivity contribution in [3.05, 3.63) is 0 Å². The van der Waals surface area contributed by atoms with Crippen LogP contribution in [-0.2, 0) is 4.79 Å². The Bertz CT molecular complexity index is 673. The SMILES string of the molecule is CC(C)[C@H](C)CC[C@@H](C)[C@H]1CC[C@H]2[C@@H]3CC(=O)[C@H]4C[C@H](O)[C@H](O)C[C@]4(C)[C@H]3CC[C@]12C. The number of hydrogen-bond donors (Lipinski definition) is 2. The van der Waals surface area contributed by atoms with E-state index in [1.165, 1.54) is 38.5 Å². The first-order valence-electron chi connectivity index (χ1n) is 13.4. The molecule has 4 fully saturated rings. The Morgan fingerprint density at radius 3 is 2.29 bits per heavy atom. The number of carbonyl (C=O) groups is 1. The van der Waals surface area contributed by atoms with E-state index in [1.54, 1.807) is 0 Å². The third-order valence-electron chi connectivity index (χ3n) is 11.5.